The first kappa shape index (κ1) is 15.4. The van der Waals surface area contributed by atoms with Crippen molar-refractivity contribution in [3.63, 3.8) is 0 Å². The topological polar surface area (TPSA) is 87.7 Å². The SMILES string of the molecule is COc1ccc(Cl)cc1NCCC(=O)NC1(C(=O)O)CC1. The van der Waals surface area contributed by atoms with Crippen molar-refractivity contribution in [1.29, 1.82) is 0 Å². The van der Waals surface area contributed by atoms with Gasteiger partial charge in [-0.2, -0.15) is 0 Å². The van der Waals surface area contributed by atoms with Gasteiger partial charge in [0.05, 0.1) is 12.8 Å². The molecule has 0 aromatic heterocycles. The molecule has 1 fully saturated rings. The molecule has 21 heavy (non-hydrogen) atoms. The number of carboxylic acid groups (broad SMARTS) is 1. The van der Waals surface area contributed by atoms with Crippen LogP contribution in [0.5, 0.6) is 5.75 Å². The van der Waals surface area contributed by atoms with Gasteiger partial charge >= 0.3 is 5.97 Å². The highest BCUT2D eigenvalue weighted by Gasteiger charge is 2.51. The van der Waals surface area contributed by atoms with Crippen LogP contribution in [0.25, 0.3) is 0 Å². The number of rotatable bonds is 7. The molecule has 0 radical (unpaired) electrons. The lowest BCUT2D eigenvalue weighted by atomic mass is 10.2. The summed E-state index contributed by atoms with van der Waals surface area (Å²) in [5, 5.41) is 15.2. The van der Waals surface area contributed by atoms with Gasteiger partial charge in [0.2, 0.25) is 5.91 Å². The van der Waals surface area contributed by atoms with Gasteiger partial charge in [0.25, 0.3) is 0 Å². The van der Waals surface area contributed by atoms with E-state index in [1.807, 2.05) is 0 Å². The van der Waals surface area contributed by atoms with Crippen molar-refractivity contribution in [3.05, 3.63) is 23.2 Å². The van der Waals surface area contributed by atoms with E-state index in [4.69, 9.17) is 21.4 Å². The van der Waals surface area contributed by atoms with Gasteiger partial charge in [-0.25, -0.2) is 4.79 Å². The molecule has 7 heteroatoms. The largest absolute Gasteiger partial charge is 0.495 e. The van der Waals surface area contributed by atoms with Gasteiger partial charge in [-0.15, -0.1) is 0 Å². The zero-order chi connectivity index (χ0) is 15.5. The molecule has 0 bridgehead atoms. The summed E-state index contributed by atoms with van der Waals surface area (Å²) < 4.78 is 5.18. The average Bonchev–Trinajstić information content (AvgIpc) is 3.20. The maximum atomic E-state index is 11.7. The number of anilines is 1. The van der Waals surface area contributed by atoms with E-state index in [0.717, 1.165) is 0 Å². The van der Waals surface area contributed by atoms with Gasteiger partial charge in [-0.1, -0.05) is 11.6 Å². The molecule has 0 unspecified atom stereocenters. The molecule has 1 aromatic rings. The third kappa shape index (κ3) is 3.78. The molecular formula is C14H17ClN2O4. The fraction of sp³-hybridized carbons (Fsp3) is 0.429. The first-order chi connectivity index (χ1) is 9.97. The quantitative estimate of drug-likeness (QED) is 0.715. The van der Waals surface area contributed by atoms with E-state index < -0.39 is 11.5 Å². The highest BCUT2D eigenvalue weighted by atomic mass is 35.5. The van der Waals surface area contributed by atoms with Crippen LogP contribution in [0.3, 0.4) is 0 Å². The van der Waals surface area contributed by atoms with Gasteiger partial charge in [-0.3, -0.25) is 4.79 Å². The van der Waals surface area contributed by atoms with Crippen LogP contribution in [0.1, 0.15) is 19.3 Å². The normalized spacial score (nSPS) is 15.1. The van der Waals surface area contributed by atoms with Crippen molar-refractivity contribution >= 4 is 29.2 Å². The molecule has 1 saturated carbocycles. The zero-order valence-corrected chi connectivity index (χ0v) is 12.4. The first-order valence-electron chi connectivity index (χ1n) is 6.59. The third-order valence-corrected chi connectivity index (χ3v) is 3.60. The number of halogens is 1. The highest BCUT2D eigenvalue weighted by Crippen LogP contribution is 2.35. The van der Waals surface area contributed by atoms with E-state index in [2.05, 4.69) is 10.6 Å². The number of carboxylic acids is 1. The Kier molecular flexibility index (Phi) is 4.57. The predicted octanol–water partition coefficient (Wildman–Crippen LogP) is 1.88. The van der Waals surface area contributed by atoms with Crippen LogP contribution < -0.4 is 15.4 Å². The van der Waals surface area contributed by atoms with E-state index in [1.165, 1.54) is 0 Å². The predicted molar refractivity (Wildman–Crippen MR) is 78.9 cm³/mol. The Hall–Kier alpha value is -1.95. The van der Waals surface area contributed by atoms with Crippen LogP contribution >= 0.6 is 11.6 Å². The third-order valence-electron chi connectivity index (χ3n) is 3.37. The van der Waals surface area contributed by atoms with E-state index in [-0.39, 0.29) is 12.3 Å². The summed E-state index contributed by atoms with van der Waals surface area (Å²) in [6.07, 6.45) is 1.15. The van der Waals surface area contributed by atoms with Crippen LogP contribution in [0.15, 0.2) is 18.2 Å². The molecule has 2 rings (SSSR count). The number of benzene rings is 1. The molecule has 1 aliphatic carbocycles. The van der Waals surface area contributed by atoms with Crippen molar-refractivity contribution < 1.29 is 19.4 Å². The fourth-order valence-electron chi connectivity index (χ4n) is 1.98. The lowest BCUT2D eigenvalue weighted by molar-refractivity contribution is -0.143. The molecule has 6 nitrogen and oxygen atoms in total. The van der Waals surface area contributed by atoms with Crippen molar-refractivity contribution in [2.24, 2.45) is 0 Å². The molecule has 0 atom stereocenters. The summed E-state index contributed by atoms with van der Waals surface area (Å²) in [5.74, 6) is -0.632. The summed E-state index contributed by atoms with van der Waals surface area (Å²) in [7, 11) is 1.55. The molecule has 1 aromatic carbocycles. The second-order valence-corrected chi connectivity index (χ2v) is 5.39. The van der Waals surface area contributed by atoms with E-state index >= 15 is 0 Å². The van der Waals surface area contributed by atoms with Crippen LogP contribution in [-0.2, 0) is 9.59 Å². The van der Waals surface area contributed by atoms with Crippen LogP contribution in [-0.4, -0.2) is 36.2 Å². The number of aliphatic carboxylic acids is 1. The summed E-state index contributed by atoms with van der Waals surface area (Å²) in [6, 6.07) is 5.15. The molecule has 1 amide bonds. The standard InChI is InChI=1S/C14H17ClN2O4/c1-21-11-3-2-9(15)8-10(11)16-7-4-12(18)17-14(5-6-14)13(19)20/h2-3,8,16H,4-7H2,1H3,(H,17,18)(H,19,20). The van der Waals surface area contributed by atoms with Gasteiger partial charge in [0.1, 0.15) is 11.3 Å². The fourth-order valence-corrected chi connectivity index (χ4v) is 2.15. The number of nitrogens with one attached hydrogen (secondary N) is 2. The van der Waals surface area contributed by atoms with Crippen molar-refractivity contribution in [2.75, 3.05) is 19.0 Å². The summed E-state index contributed by atoms with van der Waals surface area (Å²) >= 11 is 5.91. The summed E-state index contributed by atoms with van der Waals surface area (Å²) in [4.78, 5) is 22.7. The minimum absolute atomic E-state index is 0.171. The molecule has 1 aliphatic rings. The number of methoxy groups -OCH3 is 1. The molecule has 0 aliphatic heterocycles. The van der Waals surface area contributed by atoms with E-state index in [0.29, 0.717) is 35.8 Å². The smallest absolute Gasteiger partial charge is 0.329 e. The van der Waals surface area contributed by atoms with Crippen LogP contribution in [0, 0.1) is 0 Å². The number of carbonyl (C=O) groups excluding carboxylic acids is 1. The van der Waals surface area contributed by atoms with Gasteiger partial charge in [0.15, 0.2) is 0 Å². The van der Waals surface area contributed by atoms with Crippen molar-refractivity contribution in [1.82, 2.24) is 5.32 Å². The van der Waals surface area contributed by atoms with Gasteiger partial charge < -0.3 is 20.5 Å². The zero-order valence-electron chi connectivity index (χ0n) is 11.6. The molecule has 0 spiro atoms. The van der Waals surface area contributed by atoms with Crippen molar-refractivity contribution in [3.8, 4) is 5.75 Å². The summed E-state index contributed by atoms with van der Waals surface area (Å²) in [5.41, 5.74) is -0.345. The maximum absolute atomic E-state index is 11.7. The molecule has 114 valence electrons. The number of hydrogen-bond acceptors (Lipinski definition) is 4. The molecule has 3 N–H and O–H groups in total. The van der Waals surface area contributed by atoms with Crippen LogP contribution in [0.2, 0.25) is 5.02 Å². The maximum Gasteiger partial charge on any atom is 0.329 e. The first-order valence-corrected chi connectivity index (χ1v) is 6.96. The minimum atomic E-state index is -1.04. The average molecular weight is 313 g/mol. The Morgan fingerprint density at radius 1 is 1.43 bits per heavy atom. The Balaban J connectivity index is 1.83. The van der Waals surface area contributed by atoms with Crippen molar-refractivity contribution in [2.45, 2.75) is 24.8 Å². The Morgan fingerprint density at radius 2 is 2.14 bits per heavy atom. The van der Waals surface area contributed by atoms with E-state index in [9.17, 15) is 9.59 Å². The molecular weight excluding hydrogens is 296 g/mol. The van der Waals surface area contributed by atoms with Crippen LogP contribution in [0.4, 0.5) is 5.69 Å². The minimum Gasteiger partial charge on any atom is -0.495 e. The second kappa shape index (κ2) is 6.22. The number of ether oxygens (including phenoxy) is 1. The monoisotopic (exact) mass is 312 g/mol. The summed E-state index contributed by atoms with van der Waals surface area (Å²) in [6.45, 7) is 0.359. The second-order valence-electron chi connectivity index (χ2n) is 4.96. The number of hydrogen-bond donors (Lipinski definition) is 3. The molecule has 0 saturated heterocycles. The Bertz CT molecular complexity index is 558. The van der Waals surface area contributed by atoms with Gasteiger partial charge in [0, 0.05) is 18.0 Å². The molecule has 0 heterocycles. The number of carbonyl (C=O) groups is 2. The van der Waals surface area contributed by atoms with Gasteiger partial charge in [-0.05, 0) is 31.0 Å². The lowest BCUT2D eigenvalue weighted by Gasteiger charge is -2.14. The Morgan fingerprint density at radius 3 is 2.71 bits per heavy atom. The lowest BCUT2D eigenvalue weighted by Crippen LogP contribution is -2.43. The highest BCUT2D eigenvalue weighted by molar-refractivity contribution is 6.30. The van der Waals surface area contributed by atoms with E-state index in [1.54, 1.807) is 25.3 Å². The Labute approximate surface area is 127 Å². The number of amides is 1.